The molecular weight excluding hydrogens is 260 g/mol. The van der Waals surface area contributed by atoms with Crippen LogP contribution in [0.5, 0.6) is 0 Å². The molecular formula is C15H23ClN2O. The molecule has 0 radical (unpaired) electrons. The number of hydrogen-bond donors (Lipinski definition) is 1. The van der Waals surface area contributed by atoms with Gasteiger partial charge in [0.05, 0.1) is 11.4 Å². The van der Waals surface area contributed by atoms with Crippen LogP contribution < -0.4 is 10.2 Å². The first-order valence-corrected chi connectivity index (χ1v) is 7.08. The number of carbonyl (C=O) groups excluding carboxylic acids is 1. The van der Waals surface area contributed by atoms with Crippen LogP contribution in [0, 0.1) is 5.92 Å². The molecule has 1 N–H and O–H groups in total. The molecule has 0 spiro atoms. The van der Waals surface area contributed by atoms with Crippen LogP contribution in [0.15, 0.2) is 18.2 Å². The molecule has 106 valence electrons. The Labute approximate surface area is 120 Å². The van der Waals surface area contributed by atoms with Crippen molar-refractivity contribution in [3.05, 3.63) is 23.2 Å². The van der Waals surface area contributed by atoms with E-state index in [1.165, 1.54) is 0 Å². The van der Waals surface area contributed by atoms with Gasteiger partial charge in [-0.15, -0.1) is 0 Å². The minimum Gasteiger partial charge on any atom is -0.376 e. The van der Waals surface area contributed by atoms with Crippen LogP contribution in [0.3, 0.4) is 0 Å². The van der Waals surface area contributed by atoms with Crippen molar-refractivity contribution in [2.45, 2.75) is 33.1 Å². The molecule has 0 saturated carbocycles. The summed E-state index contributed by atoms with van der Waals surface area (Å²) in [6.07, 6.45) is 2.73. The van der Waals surface area contributed by atoms with E-state index in [-0.39, 0.29) is 5.91 Å². The molecule has 3 nitrogen and oxygen atoms in total. The molecule has 1 unspecified atom stereocenters. The van der Waals surface area contributed by atoms with Crippen molar-refractivity contribution in [3.63, 3.8) is 0 Å². The molecule has 1 rings (SSSR count). The Kier molecular flexibility index (Phi) is 6.16. The zero-order chi connectivity index (χ0) is 14.4. The van der Waals surface area contributed by atoms with Gasteiger partial charge < -0.3 is 10.2 Å². The molecule has 1 atom stereocenters. The van der Waals surface area contributed by atoms with Gasteiger partial charge in [-0.05, 0) is 24.1 Å². The Balaban J connectivity index is 2.75. The smallest absolute Gasteiger partial charge is 0.224 e. The van der Waals surface area contributed by atoms with E-state index in [1.807, 2.05) is 31.1 Å². The van der Waals surface area contributed by atoms with Crippen molar-refractivity contribution in [1.29, 1.82) is 0 Å². The van der Waals surface area contributed by atoms with Crippen molar-refractivity contribution >= 4 is 28.9 Å². The highest BCUT2D eigenvalue weighted by Gasteiger charge is 2.12. The normalized spacial score (nSPS) is 12.1. The van der Waals surface area contributed by atoms with Gasteiger partial charge in [-0.3, -0.25) is 4.79 Å². The maximum absolute atomic E-state index is 12.0. The van der Waals surface area contributed by atoms with Gasteiger partial charge in [0, 0.05) is 25.5 Å². The van der Waals surface area contributed by atoms with Crippen LogP contribution in [0.4, 0.5) is 11.4 Å². The second kappa shape index (κ2) is 7.39. The Morgan fingerprint density at radius 2 is 2.11 bits per heavy atom. The Hall–Kier alpha value is -1.22. The van der Waals surface area contributed by atoms with Crippen LogP contribution in [0.2, 0.25) is 5.02 Å². The lowest BCUT2D eigenvalue weighted by Gasteiger charge is -2.19. The summed E-state index contributed by atoms with van der Waals surface area (Å²) in [5, 5.41) is 3.58. The summed E-state index contributed by atoms with van der Waals surface area (Å²) in [5.74, 6) is 0.457. The number of nitrogens with one attached hydrogen (secondary N) is 1. The number of amides is 1. The van der Waals surface area contributed by atoms with E-state index in [0.29, 0.717) is 17.4 Å². The van der Waals surface area contributed by atoms with Gasteiger partial charge in [0.15, 0.2) is 0 Å². The third-order valence-corrected chi connectivity index (χ3v) is 3.26. The minimum absolute atomic E-state index is 0.0475. The van der Waals surface area contributed by atoms with Crippen molar-refractivity contribution in [1.82, 2.24) is 0 Å². The SMILES string of the molecule is CCCC(C)CC(=O)Nc1cc(Cl)ccc1N(C)C. The predicted octanol–water partition coefficient (Wildman–Crippen LogP) is 4.17. The fourth-order valence-corrected chi connectivity index (χ4v) is 2.28. The van der Waals surface area contributed by atoms with E-state index < -0.39 is 0 Å². The Morgan fingerprint density at radius 3 is 2.68 bits per heavy atom. The molecule has 0 aliphatic heterocycles. The van der Waals surface area contributed by atoms with Crippen LogP contribution in [0.1, 0.15) is 33.1 Å². The largest absolute Gasteiger partial charge is 0.376 e. The number of hydrogen-bond acceptors (Lipinski definition) is 2. The highest BCUT2D eigenvalue weighted by atomic mass is 35.5. The van der Waals surface area contributed by atoms with Crippen molar-refractivity contribution in [2.75, 3.05) is 24.3 Å². The van der Waals surface area contributed by atoms with E-state index in [1.54, 1.807) is 6.07 Å². The first-order chi connectivity index (χ1) is 8.93. The van der Waals surface area contributed by atoms with Gasteiger partial charge in [-0.25, -0.2) is 0 Å². The van der Waals surface area contributed by atoms with Gasteiger partial charge in [-0.1, -0.05) is 38.3 Å². The summed E-state index contributed by atoms with van der Waals surface area (Å²) >= 11 is 5.99. The van der Waals surface area contributed by atoms with Crippen LogP contribution in [-0.2, 0) is 4.79 Å². The minimum atomic E-state index is 0.0475. The lowest BCUT2D eigenvalue weighted by molar-refractivity contribution is -0.117. The third-order valence-electron chi connectivity index (χ3n) is 3.03. The topological polar surface area (TPSA) is 32.3 Å². The van der Waals surface area contributed by atoms with E-state index in [9.17, 15) is 4.79 Å². The number of nitrogens with zero attached hydrogens (tertiary/aromatic N) is 1. The molecule has 0 aromatic heterocycles. The van der Waals surface area contributed by atoms with Gasteiger partial charge in [0.2, 0.25) is 5.91 Å². The summed E-state index contributed by atoms with van der Waals surface area (Å²) in [7, 11) is 3.89. The van der Waals surface area contributed by atoms with E-state index in [0.717, 1.165) is 24.2 Å². The molecule has 1 aromatic rings. The lowest BCUT2D eigenvalue weighted by atomic mass is 10.0. The molecule has 1 amide bonds. The quantitative estimate of drug-likeness (QED) is 0.849. The average molecular weight is 283 g/mol. The van der Waals surface area contributed by atoms with Crippen molar-refractivity contribution < 1.29 is 4.79 Å². The molecule has 1 aromatic carbocycles. The second-order valence-electron chi connectivity index (χ2n) is 5.20. The Morgan fingerprint density at radius 1 is 1.42 bits per heavy atom. The maximum Gasteiger partial charge on any atom is 0.224 e. The first-order valence-electron chi connectivity index (χ1n) is 6.70. The Bertz CT molecular complexity index is 432. The van der Waals surface area contributed by atoms with E-state index in [2.05, 4.69) is 19.2 Å². The van der Waals surface area contributed by atoms with Crippen molar-refractivity contribution in [3.8, 4) is 0 Å². The molecule has 19 heavy (non-hydrogen) atoms. The van der Waals surface area contributed by atoms with Gasteiger partial charge in [0.1, 0.15) is 0 Å². The highest BCUT2D eigenvalue weighted by molar-refractivity contribution is 6.31. The number of carbonyl (C=O) groups is 1. The fourth-order valence-electron chi connectivity index (χ4n) is 2.11. The number of halogens is 1. The summed E-state index contributed by atoms with van der Waals surface area (Å²) < 4.78 is 0. The summed E-state index contributed by atoms with van der Waals surface area (Å²) in [6, 6.07) is 5.53. The maximum atomic E-state index is 12.0. The molecule has 0 heterocycles. The highest BCUT2D eigenvalue weighted by Crippen LogP contribution is 2.28. The molecule has 0 bridgehead atoms. The predicted molar refractivity (Wildman–Crippen MR) is 83.1 cm³/mol. The fraction of sp³-hybridized carbons (Fsp3) is 0.533. The molecule has 0 aliphatic rings. The van der Waals surface area contributed by atoms with Gasteiger partial charge in [0.25, 0.3) is 0 Å². The van der Waals surface area contributed by atoms with Crippen LogP contribution in [-0.4, -0.2) is 20.0 Å². The first kappa shape index (κ1) is 15.8. The summed E-state index contributed by atoms with van der Waals surface area (Å²) in [4.78, 5) is 14.0. The van der Waals surface area contributed by atoms with E-state index >= 15 is 0 Å². The molecule has 0 aliphatic carbocycles. The van der Waals surface area contributed by atoms with Crippen LogP contribution in [0.25, 0.3) is 0 Å². The van der Waals surface area contributed by atoms with Gasteiger partial charge in [-0.2, -0.15) is 0 Å². The third kappa shape index (κ3) is 5.11. The second-order valence-corrected chi connectivity index (χ2v) is 5.64. The summed E-state index contributed by atoms with van der Waals surface area (Å²) in [6.45, 7) is 4.24. The lowest BCUT2D eigenvalue weighted by Crippen LogP contribution is -2.18. The summed E-state index contributed by atoms with van der Waals surface area (Å²) in [5.41, 5.74) is 1.73. The standard InChI is InChI=1S/C15H23ClN2O/c1-5-6-11(2)9-15(19)17-13-10-12(16)7-8-14(13)18(3)4/h7-8,10-11H,5-6,9H2,1-4H3,(H,17,19). The molecule has 0 fully saturated rings. The number of anilines is 2. The molecule has 4 heteroatoms. The zero-order valence-corrected chi connectivity index (χ0v) is 12.9. The van der Waals surface area contributed by atoms with Crippen molar-refractivity contribution in [2.24, 2.45) is 5.92 Å². The number of benzene rings is 1. The van der Waals surface area contributed by atoms with Crippen LogP contribution >= 0.6 is 11.6 Å². The average Bonchev–Trinajstić information content (AvgIpc) is 2.28. The number of rotatable bonds is 6. The zero-order valence-electron chi connectivity index (χ0n) is 12.2. The van der Waals surface area contributed by atoms with Gasteiger partial charge >= 0.3 is 0 Å². The molecule has 0 saturated heterocycles. The monoisotopic (exact) mass is 282 g/mol. The van der Waals surface area contributed by atoms with E-state index in [4.69, 9.17) is 11.6 Å².